The van der Waals surface area contributed by atoms with Crippen LogP contribution in [0, 0.1) is 18.8 Å². The number of carbonyl (C=O) groups excluding carboxylic acids is 3. The highest BCUT2D eigenvalue weighted by Crippen LogP contribution is 2.53. The first-order valence-electron chi connectivity index (χ1n) is 10.1. The van der Waals surface area contributed by atoms with Crippen LogP contribution in [0.15, 0.2) is 48.5 Å². The molecule has 2 aromatic rings. The molecule has 0 saturated carbocycles. The molecule has 0 aromatic heterocycles. The van der Waals surface area contributed by atoms with E-state index in [0.717, 1.165) is 16.9 Å². The summed E-state index contributed by atoms with van der Waals surface area (Å²) >= 11 is 1.69. The van der Waals surface area contributed by atoms with Crippen LogP contribution in [0.25, 0.3) is 0 Å². The van der Waals surface area contributed by atoms with E-state index in [2.05, 4.69) is 10.6 Å². The van der Waals surface area contributed by atoms with E-state index >= 15 is 0 Å². The molecule has 5 rings (SSSR count). The quantitative estimate of drug-likeness (QED) is 0.742. The molecule has 0 bridgehead atoms. The Morgan fingerprint density at radius 1 is 1.03 bits per heavy atom. The van der Waals surface area contributed by atoms with Crippen LogP contribution in [-0.2, 0) is 19.9 Å². The minimum Gasteiger partial charge on any atom is -0.324 e. The molecule has 3 aliphatic heterocycles. The number of hydrogen-bond acceptors (Lipinski definition) is 5. The van der Waals surface area contributed by atoms with E-state index in [1.807, 2.05) is 49.6 Å². The smallest absolute Gasteiger partial charge is 0.250 e. The first-order chi connectivity index (χ1) is 14.5. The normalized spacial score (nSPS) is 29.5. The number of nitrogens with one attached hydrogen (secondary N) is 2. The SMILES string of the molecule is CSCCC1NC2(C(=O)Nc3ccccc32)C2C(=O)N(c3ccc(C)cc3)C(=O)C12. The highest BCUT2D eigenvalue weighted by atomic mass is 32.2. The lowest BCUT2D eigenvalue weighted by Crippen LogP contribution is -2.53. The summed E-state index contributed by atoms with van der Waals surface area (Å²) in [5, 5.41) is 6.39. The van der Waals surface area contributed by atoms with Gasteiger partial charge in [0.1, 0.15) is 5.54 Å². The third-order valence-corrected chi connectivity index (χ3v) is 7.19. The Balaban J connectivity index is 1.64. The first-order valence-corrected chi connectivity index (χ1v) is 11.5. The molecule has 2 fully saturated rings. The van der Waals surface area contributed by atoms with Gasteiger partial charge >= 0.3 is 0 Å². The number of anilines is 2. The third kappa shape index (κ3) is 2.51. The number of aryl methyl sites for hydroxylation is 1. The van der Waals surface area contributed by atoms with Crippen molar-refractivity contribution in [2.24, 2.45) is 11.8 Å². The van der Waals surface area contributed by atoms with Crippen LogP contribution in [0.5, 0.6) is 0 Å². The van der Waals surface area contributed by atoms with Gasteiger partial charge in [-0.25, -0.2) is 4.90 Å². The number of carbonyl (C=O) groups is 3. The van der Waals surface area contributed by atoms with Crippen molar-refractivity contribution in [1.29, 1.82) is 0 Å². The lowest BCUT2D eigenvalue weighted by molar-refractivity contribution is -0.130. The molecular formula is C23H23N3O3S. The van der Waals surface area contributed by atoms with Crippen molar-refractivity contribution in [2.45, 2.75) is 24.9 Å². The second kappa shape index (κ2) is 6.96. The Labute approximate surface area is 179 Å². The number of para-hydroxylation sites is 1. The Morgan fingerprint density at radius 3 is 2.50 bits per heavy atom. The summed E-state index contributed by atoms with van der Waals surface area (Å²) in [6.45, 7) is 1.96. The van der Waals surface area contributed by atoms with Gasteiger partial charge in [0.25, 0.3) is 0 Å². The van der Waals surface area contributed by atoms with Gasteiger partial charge in [-0.05, 0) is 43.6 Å². The molecule has 2 saturated heterocycles. The zero-order chi connectivity index (χ0) is 21.0. The van der Waals surface area contributed by atoms with Gasteiger partial charge in [0.15, 0.2) is 0 Å². The van der Waals surface area contributed by atoms with Crippen molar-refractivity contribution < 1.29 is 14.4 Å². The molecule has 4 atom stereocenters. The molecule has 3 aliphatic rings. The molecule has 4 unspecified atom stereocenters. The van der Waals surface area contributed by atoms with Crippen LogP contribution in [0.3, 0.4) is 0 Å². The van der Waals surface area contributed by atoms with Gasteiger partial charge in [-0.3, -0.25) is 19.7 Å². The van der Waals surface area contributed by atoms with E-state index in [-0.39, 0.29) is 23.8 Å². The fourth-order valence-corrected chi connectivity index (χ4v) is 5.69. The number of benzene rings is 2. The van der Waals surface area contributed by atoms with Gasteiger partial charge in [0.2, 0.25) is 17.7 Å². The number of fused-ring (bicyclic) bond motifs is 4. The minimum absolute atomic E-state index is 0.221. The van der Waals surface area contributed by atoms with Crippen LogP contribution >= 0.6 is 11.8 Å². The van der Waals surface area contributed by atoms with E-state index in [1.165, 1.54) is 4.90 Å². The van der Waals surface area contributed by atoms with Crippen molar-refractivity contribution in [3.8, 4) is 0 Å². The third-order valence-electron chi connectivity index (χ3n) is 6.55. The summed E-state index contributed by atoms with van der Waals surface area (Å²) in [5.41, 5.74) is 1.86. The maximum atomic E-state index is 13.7. The van der Waals surface area contributed by atoms with Gasteiger partial charge in [-0.2, -0.15) is 11.8 Å². The molecule has 3 amide bonds. The summed E-state index contributed by atoms with van der Waals surface area (Å²) in [7, 11) is 0. The highest BCUT2D eigenvalue weighted by molar-refractivity contribution is 7.98. The number of thioether (sulfide) groups is 1. The van der Waals surface area contributed by atoms with Crippen LogP contribution < -0.4 is 15.5 Å². The van der Waals surface area contributed by atoms with Gasteiger partial charge < -0.3 is 5.32 Å². The minimum atomic E-state index is -1.21. The molecule has 1 spiro atoms. The molecule has 30 heavy (non-hydrogen) atoms. The molecule has 6 nitrogen and oxygen atoms in total. The summed E-state index contributed by atoms with van der Waals surface area (Å²) in [6, 6.07) is 14.6. The zero-order valence-corrected chi connectivity index (χ0v) is 17.7. The summed E-state index contributed by atoms with van der Waals surface area (Å²) in [6.07, 6.45) is 2.72. The Kier molecular flexibility index (Phi) is 4.48. The van der Waals surface area contributed by atoms with E-state index in [9.17, 15) is 14.4 Å². The predicted octanol–water partition coefficient (Wildman–Crippen LogP) is 2.67. The molecule has 154 valence electrons. The van der Waals surface area contributed by atoms with Gasteiger partial charge in [0.05, 0.1) is 17.5 Å². The molecule has 2 N–H and O–H groups in total. The fourth-order valence-electron chi connectivity index (χ4n) is 5.20. The summed E-state index contributed by atoms with van der Waals surface area (Å²) in [5.74, 6) is -1.27. The Hall–Kier alpha value is -2.64. The fraction of sp³-hybridized carbons (Fsp3) is 0.348. The van der Waals surface area contributed by atoms with Crippen molar-refractivity contribution >= 4 is 40.9 Å². The number of amides is 3. The lowest BCUT2D eigenvalue weighted by atomic mass is 9.76. The average Bonchev–Trinajstić information content (AvgIpc) is 3.32. The maximum absolute atomic E-state index is 13.7. The van der Waals surface area contributed by atoms with Crippen LogP contribution in [0.1, 0.15) is 17.5 Å². The molecular weight excluding hydrogens is 398 g/mol. The number of nitrogens with zero attached hydrogens (tertiary/aromatic N) is 1. The standard InChI is InChI=1S/C23H23N3O3S/c1-13-7-9-14(10-8-13)26-20(27)18-17(11-12-30-2)25-23(19(18)21(26)28)15-5-3-4-6-16(15)24-22(23)29/h3-10,17-19,25H,11-12H2,1-2H3,(H,24,29). The highest BCUT2D eigenvalue weighted by Gasteiger charge is 2.70. The van der Waals surface area contributed by atoms with E-state index in [0.29, 0.717) is 17.8 Å². The maximum Gasteiger partial charge on any atom is 0.250 e. The van der Waals surface area contributed by atoms with E-state index in [4.69, 9.17) is 0 Å². The van der Waals surface area contributed by atoms with Crippen molar-refractivity contribution in [3.05, 3.63) is 59.7 Å². The molecule has 0 aliphatic carbocycles. The lowest BCUT2D eigenvalue weighted by Gasteiger charge is -2.29. The molecule has 3 heterocycles. The van der Waals surface area contributed by atoms with Crippen LogP contribution in [-0.4, -0.2) is 35.8 Å². The molecule has 2 aromatic carbocycles. The van der Waals surface area contributed by atoms with Crippen molar-refractivity contribution in [2.75, 3.05) is 22.2 Å². The van der Waals surface area contributed by atoms with Gasteiger partial charge in [-0.1, -0.05) is 35.9 Å². The second-order valence-electron chi connectivity index (χ2n) is 8.19. The number of imide groups is 1. The van der Waals surface area contributed by atoms with E-state index in [1.54, 1.807) is 23.9 Å². The Morgan fingerprint density at radius 2 is 1.77 bits per heavy atom. The Bertz CT molecular complexity index is 1050. The monoisotopic (exact) mass is 421 g/mol. The molecule has 7 heteroatoms. The van der Waals surface area contributed by atoms with Crippen LogP contribution in [0.4, 0.5) is 11.4 Å². The zero-order valence-electron chi connectivity index (χ0n) is 16.8. The average molecular weight is 422 g/mol. The molecule has 0 radical (unpaired) electrons. The largest absolute Gasteiger partial charge is 0.324 e. The van der Waals surface area contributed by atoms with Crippen molar-refractivity contribution in [1.82, 2.24) is 5.32 Å². The first kappa shape index (κ1) is 19.3. The number of rotatable bonds is 4. The van der Waals surface area contributed by atoms with E-state index < -0.39 is 17.4 Å². The van der Waals surface area contributed by atoms with Gasteiger partial charge in [-0.15, -0.1) is 0 Å². The van der Waals surface area contributed by atoms with Crippen molar-refractivity contribution in [3.63, 3.8) is 0 Å². The summed E-state index contributed by atoms with van der Waals surface area (Å²) < 4.78 is 0. The number of hydrogen-bond donors (Lipinski definition) is 2. The topological polar surface area (TPSA) is 78.5 Å². The van der Waals surface area contributed by atoms with Gasteiger partial charge in [0, 0.05) is 17.3 Å². The van der Waals surface area contributed by atoms with Crippen LogP contribution in [0.2, 0.25) is 0 Å². The second-order valence-corrected chi connectivity index (χ2v) is 9.18. The summed E-state index contributed by atoms with van der Waals surface area (Å²) in [4.78, 5) is 41.8. The predicted molar refractivity (Wildman–Crippen MR) is 117 cm³/mol.